The third kappa shape index (κ3) is 3.49. The number of fused-ring (bicyclic) bond motifs is 1. The number of rotatable bonds is 6. The second-order valence-corrected chi connectivity index (χ2v) is 6.19. The summed E-state index contributed by atoms with van der Waals surface area (Å²) in [5.41, 5.74) is 3.41. The summed E-state index contributed by atoms with van der Waals surface area (Å²) in [6.07, 6.45) is 1.08. The average molecular weight is 353 g/mol. The lowest BCUT2D eigenvalue weighted by molar-refractivity contribution is 0.102. The van der Waals surface area contributed by atoms with E-state index >= 15 is 0 Å². The van der Waals surface area contributed by atoms with Crippen LogP contribution in [-0.4, -0.2) is 23.6 Å². The first kappa shape index (κ1) is 17.8. The topological polar surface area (TPSA) is 67.5 Å². The molecule has 6 nitrogen and oxygen atoms in total. The van der Waals surface area contributed by atoms with Gasteiger partial charge in [-0.25, -0.2) is 4.79 Å². The Morgan fingerprint density at radius 2 is 1.88 bits per heavy atom. The molecule has 136 valence electrons. The summed E-state index contributed by atoms with van der Waals surface area (Å²) in [5, 5.41) is 2.84. The van der Waals surface area contributed by atoms with Gasteiger partial charge in [0.15, 0.2) is 5.58 Å². The molecule has 1 heterocycles. The number of carbonyl (C=O) groups is 1. The minimum absolute atomic E-state index is 0.201. The predicted molar refractivity (Wildman–Crippen MR) is 104 cm³/mol. The number of aryl methyl sites for hydroxylation is 1. The fraction of sp³-hybridized carbons (Fsp3) is 0.300. The first-order valence-corrected chi connectivity index (χ1v) is 8.79. The lowest BCUT2D eigenvalue weighted by Gasteiger charge is -2.22. The minimum Gasteiger partial charge on any atom is -0.408 e. The number of nitrogens with one attached hydrogen (secondary N) is 1. The van der Waals surface area contributed by atoms with Crippen LogP contribution in [0.3, 0.4) is 0 Å². The lowest BCUT2D eigenvalue weighted by Crippen LogP contribution is -2.23. The van der Waals surface area contributed by atoms with Crippen molar-refractivity contribution < 1.29 is 9.21 Å². The Morgan fingerprint density at radius 3 is 2.54 bits per heavy atom. The second-order valence-electron chi connectivity index (χ2n) is 6.19. The van der Waals surface area contributed by atoms with Crippen molar-refractivity contribution >= 4 is 28.4 Å². The van der Waals surface area contributed by atoms with Gasteiger partial charge in [-0.05, 0) is 49.7 Å². The number of nitrogens with zero attached hydrogens (tertiary/aromatic N) is 2. The number of benzene rings is 2. The summed E-state index contributed by atoms with van der Waals surface area (Å²) in [6, 6.07) is 12.7. The van der Waals surface area contributed by atoms with Gasteiger partial charge in [-0.3, -0.25) is 9.36 Å². The van der Waals surface area contributed by atoms with E-state index in [-0.39, 0.29) is 5.91 Å². The molecule has 26 heavy (non-hydrogen) atoms. The molecule has 0 saturated heterocycles. The van der Waals surface area contributed by atoms with Crippen LogP contribution < -0.4 is 16.0 Å². The summed E-state index contributed by atoms with van der Waals surface area (Å²) in [7, 11) is 1.64. The maximum atomic E-state index is 12.5. The van der Waals surface area contributed by atoms with E-state index in [2.05, 4.69) is 24.1 Å². The standard InChI is InChI=1S/C20H23N3O3/c1-4-12-23(5-2)16-9-6-14(7-10-16)19(24)21-15-8-11-17-18(13-15)26-20(25)22(17)3/h6-11,13H,4-5,12H2,1-3H3,(H,21,24). The van der Waals surface area contributed by atoms with Gasteiger partial charge in [0, 0.05) is 43.1 Å². The number of hydrogen-bond donors (Lipinski definition) is 1. The SMILES string of the molecule is CCCN(CC)c1ccc(C(=O)Nc2ccc3c(c2)oc(=O)n3C)cc1. The molecule has 0 bridgehead atoms. The zero-order valence-corrected chi connectivity index (χ0v) is 15.3. The molecule has 0 aliphatic heterocycles. The van der Waals surface area contributed by atoms with E-state index in [1.807, 2.05) is 24.3 Å². The van der Waals surface area contributed by atoms with Crippen molar-refractivity contribution in [3.8, 4) is 0 Å². The molecule has 0 unspecified atom stereocenters. The Labute approximate surface area is 152 Å². The quantitative estimate of drug-likeness (QED) is 0.735. The van der Waals surface area contributed by atoms with E-state index in [1.165, 1.54) is 4.57 Å². The molecule has 0 aliphatic rings. The maximum Gasteiger partial charge on any atom is 0.419 e. The van der Waals surface area contributed by atoms with Crippen LogP contribution in [0.2, 0.25) is 0 Å². The van der Waals surface area contributed by atoms with E-state index in [9.17, 15) is 9.59 Å². The minimum atomic E-state index is -0.424. The monoisotopic (exact) mass is 353 g/mol. The summed E-state index contributed by atoms with van der Waals surface area (Å²) in [4.78, 5) is 26.3. The van der Waals surface area contributed by atoms with Gasteiger partial charge >= 0.3 is 5.76 Å². The van der Waals surface area contributed by atoms with Crippen LogP contribution in [0.15, 0.2) is 51.7 Å². The Balaban J connectivity index is 1.76. The van der Waals surface area contributed by atoms with Crippen molar-refractivity contribution in [3.63, 3.8) is 0 Å². The highest BCUT2D eigenvalue weighted by molar-refractivity contribution is 6.05. The Kier molecular flexibility index (Phi) is 5.11. The van der Waals surface area contributed by atoms with Gasteiger partial charge in [-0.2, -0.15) is 0 Å². The molecule has 1 amide bonds. The number of aromatic nitrogens is 1. The van der Waals surface area contributed by atoms with Crippen molar-refractivity contribution in [3.05, 3.63) is 58.6 Å². The molecule has 3 aromatic rings. The summed E-state index contributed by atoms with van der Waals surface area (Å²) in [6.45, 7) is 6.19. The van der Waals surface area contributed by atoms with Gasteiger partial charge in [-0.1, -0.05) is 6.92 Å². The molecule has 0 spiro atoms. The zero-order valence-electron chi connectivity index (χ0n) is 15.3. The van der Waals surface area contributed by atoms with Gasteiger partial charge in [0.2, 0.25) is 0 Å². The first-order chi connectivity index (χ1) is 12.5. The van der Waals surface area contributed by atoms with E-state index in [0.29, 0.717) is 22.4 Å². The molecule has 0 atom stereocenters. The fourth-order valence-corrected chi connectivity index (χ4v) is 2.98. The predicted octanol–water partition coefficient (Wildman–Crippen LogP) is 3.62. The van der Waals surface area contributed by atoms with Crippen LogP contribution in [-0.2, 0) is 7.05 Å². The molecular formula is C20H23N3O3. The molecule has 3 rings (SSSR count). The van der Waals surface area contributed by atoms with Crippen molar-refractivity contribution in [2.75, 3.05) is 23.3 Å². The summed E-state index contributed by atoms with van der Waals surface area (Å²) < 4.78 is 6.58. The van der Waals surface area contributed by atoms with Crippen LogP contribution in [0.5, 0.6) is 0 Å². The Hall–Kier alpha value is -3.02. The Morgan fingerprint density at radius 1 is 1.15 bits per heavy atom. The van der Waals surface area contributed by atoms with Gasteiger partial charge in [0.25, 0.3) is 5.91 Å². The van der Waals surface area contributed by atoms with Crippen molar-refractivity contribution in [2.24, 2.45) is 7.05 Å². The van der Waals surface area contributed by atoms with Crippen LogP contribution in [0, 0.1) is 0 Å². The molecule has 6 heteroatoms. The number of carbonyl (C=O) groups excluding carboxylic acids is 1. The van der Waals surface area contributed by atoms with Crippen LogP contribution in [0.25, 0.3) is 11.1 Å². The highest BCUT2D eigenvalue weighted by atomic mass is 16.4. The normalized spacial score (nSPS) is 10.9. The third-order valence-corrected chi connectivity index (χ3v) is 4.42. The summed E-state index contributed by atoms with van der Waals surface area (Å²) >= 11 is 0. The Bertz CT molecular complexity index is 970. The zero-order chi connectivity index (χ0) is 18.7. The van der Waals surface area contributed by atoms with Gasteiger partial charge in [-0.15, -0.1) is 0 Å². The van der Waals surface area contributed by atoms with Crippen LogP contribution >= 0.6 is 0 Å². The van der Waals surface area contributed by atoms with Crippen LogP contribution in [0.4, 0.5) is 11.4 Å². The van der Waals surface area contributed by atoms with Crippen molar-refractivity contribution in [1.29, 1.82) is 0 Å². The van der Waals surface area contributed by atoms with E-state index < -0.39 is 5.76 Å². The number of anilines is 2. The molecule has 0 radical (unpaired) electrons. The van der Waals surface area contributed by atoms with Crippen molar-refractivity contribution in [1.82, 2.24) is 4.57 Å². The lowest BCUT2D eigenvalue weighted by atomic mass is 10.1. The fourth-order valence-electron chi connectivity index (χ4n) is 2.98. The molecule has 1 aromatic heterocycles. The van der Waals surface area contributed by atoms with Gasteiger partial charge < -0.3 is 14.6 Å². The van der Waals surface area contributed by atoms with E-state index in [0.717, 1.165) is 25.2 Å². The van der Waals surface area contributed by atoms with Gasteiger partial charge in [0.05, 0.1) is 5.52 Å². The maximum absolute atomic E-state index is 12.5. The molecule has 0 saturated carbocycles. The largest absolute Gasteiger partial charge is 0.419 e. The summed E-state index contributed by atoms with van der Waals surface area (Å²) in [5.74, 6) is -0.626. The third-order valence-electron chi connectivity index (χ3n) is 4.42. The highest BCUT2D eigenvalue weighted by Crippen LogP contribution is 2.20. The van der Waals surface area contributed by atoms with Gasteiger partial charge in [0.1, 0.15) is 0 Å². The second kappa shape index (κ2) is 7.47. The average Bonchev–Trinajstić information content (AvgIpc) is 2.93. The molecule has 2 aromatic carbocycles. The first-order valence-electron chi connectivity index (χ1n) is 8.79. The molecule has 1 N–H and O–H groups in total. The van der Waals surface area contributed by atoms with E-state index in [1.54, 1.807) is 25.2 Å². The van der Waals surface area contributed by atoms with E-state index in [4.69, 9.17) is 4.42 Å². The number of hydrogen-bond acceptors (Lipinski definition) is 4. The van der Waals surface area contributed by atoms with Crippen molar-refractivity contribution in [2.45, 2.75) is 20.3 Å². The smallest absolute Gasteiger partial charge is 0.408 e. The molecule has 0 aliphatic carbocycles. The molecule has 0 fully saturated rings. The molecular weight excluding hydrogens is 330 g/mol. The number of oxazole rings is 1. The number of amides is 1. The van der Waals surface area contributed by atoms with Crippen LogP contribution in [0.1, 0.15) is 30.6 Å². The highest BCUT2D eigenvalue weighted by Gasteiger charge is 2.11.